The Balaban J connectivity index is 0.000000252. The van der Waals surface area contributed by atoms with Crippen molar-refractivity contribution in [1.29, 1.82) is 0 Å². The van der Waals surface area contributed by atoms with E-state index in [0.717, 1.165) is 101 Å². The Kier molecular flexibility index (Phi) is 21.2. The Morgan fingerprint density at radius 3 is 1.60 bits per heavy atom. The molecule has 43 heavy (non-hydrogen) atoms. The molecule has 2 aromatic carbocycles. The summed E-state index contributed by atoms with van der Waals surface area (Å²) in [6.45, 7) is 6.54. The number of amides is 1. The Morgan fingerprint density at radius 2 is 1.16 bits per heavy atom. The summed E-state index contributed by atoms with van der Waals surface area (Å²) in [6.07, 6.45) is 9.57. The van der Waals surface area contributed by atoms with Crippen LogP contribution in [0.25, 0.3) is 0 Å². The van der Waals surface area contributed by atoms with Crippen molar-refractivity contribution in [1.82, 2.24) is 15.1 Å². The van der Waals surface area contributed by atoms with Crippen LogP contribution in [0, 0.1) is 0 Å². The number of piperidine rings is 2. The van der Waals surface area contributed by atoms with Crippen molar-refractivity contribution in [2.24, 2.45) is 5.73 Å². The summed E-state index contributed by atoms with van der Waals surface area (Å²) in [5, 5.41) is 4.89. The fraction of sp³-hybridized carbons (Fsp3) is 0.588. The summed E-state index contributed by atoms with van der Waals surface area (Å²) < 4.78 is 0. The quantitative estimate of drug-likeness (QED) is 0.128. The highest BCUT2D eigenvalue weighted by atomic mass is 79.9. The molecule has 0 saturated carbocycles. The van der Waals surface area contributed by atoms with E-state index >= 15 is 0 Å². The van der Waals surface area contributed by atoms with E-state index in [-0.39, 0.29) is 11.1 Å². The molecule has 0 aromatic heterocycles. The van der Waals surface area contributed by atoms with Gasteiger partial charge in [-0.1, -0.05) is 92.5 Å². The number of halogens is 3. The largest absolute Gasteiger partial charge is 0.353 e. The SMILES string of the molecule is NC1CCN(Cc2ccccc2)CC1.O=C(CCCCBr)NC1CCN(Cc2ccccc2)CC1.O=C(Cl)CCCCBr. The van der Waals surface area contributed by atoms with Crippen LogP contribution in [0.1, 0.15) is 75.3 Å². The third-order valence-electron chi connectivity index (χ3n) is 7.63. The average molecular weight is 743 g/mol. The molecule has 2 heterocycles. The molecule has 2 fully saturated rings. The Hall–Kier alpha value is -1.29. The van der Waals surface area contributed by atoms with Crippen LogP contribution in [0.3, 0.4) is 0 Å². The van der Waals surface area contributed by atoms with Gasteiger partial charge in [0.25, 0.3) is 0 Å². The zero-order valence-corrected chi connectivity index (χ0v) is 29.5. The third-order valence-corrected chi connectivity index (χ3v) is 8.94. The highest BCUT2D eigenvalue weighted by Gasteiger charge is 2.20. The van der Waals surface area contributed by atoms with E-state index < -0.39 is 0 Å². The van der Waals surface area contributed by atoms with Crippen molar-refractivity contribution >= 4 is 54.6 Å². The average Bonchev–Trinajstić information content (AvgIpc) is 3.01. The number of nitrogens with zero attached hydrogens (tertiary/aromatic N) is 2. The van der Waals surface area contributed by atoms with Gasteiger partial charge in [0, 0.05) is 61.8 Å². The first-order valence-electron chi connectivity index (χ1n) is 15.8. The molecule has 6 nitrogen and oxygen atoms in total. The van der Waals surface area contributed by atoms with Gasteiger partial charge in [-0.15, -0.1) is 0 Å². The molecule has 0 bridgehead atoms. The van der Waals surface area contributed by atoms with Gasteiger partial charge in [0.15, 0.2) is 0 Å². The summed E-state index contributed by atoms with van der Waals surface area (Å²) in [4.78, 5) is 26.8. The molecule has 240 valence electrons. The zero-order chi connectivity index (χ0) is 31.1. The predicted octanol–water partition coefficient (Wildman–Crippen LogP) is 7.26. The monoisotopic (exact) mass is 740 g/mol. The lowest BCUT2D eigenvalue weighted by molar-refractivity contribution is -0.122. The number of benzene rings is 2. The van der Waals surface area contributed by atoms with Crippen LogP contribution in [-0.4, -0.2) is 69.9 Å². The van der Waals surface area contributed by atoms with Crippen molar-refractivity contribution in [2.45, 2.75) is 89.4 Å². The van der Waals surface area contributed by atoms with Crippen LogP contribution < -0.4 is 11.1 Å². The van der Waals surface area contributed by atoms with E-state index in [0.29, 0.717) is 24.9 Å². The van der Waals surface area contributed by atoms with E-state index in [9.17, 15) is 9.59 Å². The smallest absolute Gasteiger partial charge is 0.221 e. The lowest BCUT2D eigenvalue weighted by Crippen LogP contribution is -2.44. The minimum atomic E-state index is -0.231. The first kappa shape index (κ1) is 37.9. The predicted molar refractivity (Wildman–Crippen MR) is 188 cm³/mol. The summed E-state index contributed by atoms with van der Waals surface area (Å²) in [7, 11) is 0. The van der Waals surface area contributed by atoms with Gasteiger partial charge in [-0.3, -0.25) is 19.4 Å². The number of rotatable bonds is 13. The molecule has 4 rings (SSSR count). The Bertz CT molecular complexity index is 986. The van der Waals surface area contributed by atoms with Gasteiger partial charge in [-0.05, 0) is 87.2 Å². The maximum Gasteiger partial charge on any atom is 0.221 e. The molecular formula is C34H51Br2ClN4O2. The molecule has 1 amide bonds. The topological polar surface area (TPSA) is 78.7 Å². The molecule has 0 spiro atoms. The molecule has 0 unspecified atom stereocenters. The second kappa shape index (κ2) is 24.0. The maximum absolute atomic E-state index is 11.8. The van der Waals surface area contributed by atoms with Crippen molar-refractivity contribution in [3.8, 4) is 0 Å². The van der Waals surface area contributed by atoms with Gasteiger partial charge < -0.3 is 11.1 Å². The molecule has 9 heteroatoms. The van der Waals surface area contributed by atoms with Crippen molar-refractivity contribution < 1.29 is 9.59 Å². The minimum Gasteiger partial charge on any atom is -0.353 e. The van der Waals surface area contributed by atoms with Gasteiger partial charge in [-0.2, -0.15) is 0 Å². The van der Waals surface area contributed by atoms with Crippen molar-refractivity contribution in [3.05, 3.63) is 71.8 Å². The van der Waals surface area contributed by atoms with Gasteiger partial charge in [-0.25, -0.2) is 0 Å². The minimum absolute atomic E-state index is 0.220. The molecule has 2 aromatic rings. The van der Waals surface area contributed by atoms with Crippen LogP contribution in [0.15, 0.2) is 60.7 Å². The molecule has 0 atom stereocenters. The number of nitrogens with one attached hydrogen (secondary N) is 1. The summed E-state index contributed by atoms with van der Waals surface area (Å²) in [5.74, 6) is 0.220. The number of alkyl halides is 2. The van der Waals surface area contributed by atoms with Gasteiger partial charge in [0.2, 0.25) is 11.1 Å². The number of nitrogens with two attached hydrogens (primary N) is 1. The molecule has 3 N–H and O–H groups in total. The molecule has 2 saturated heterocycles. The lowest BCUT2D eigenvalue weighted by atomic mass is 10.0. The molecular weight excluding hydrogens is 692 g/mol. The first-order valence-corrected chi connectivity index (χ1v) is 18.4. The summed E-state index contributed by atoms with van der Waals surface area (Å²) in [5.41, 5.74) is 8.64. The normalized spacial score (nSPS) is 16.4. The van der Waals surface area contributed by atoms with Crippen molar-refractivity contribution in [3.63, 3.8) is 0 Å². The fourth-order valence-corrected chi connectivity index (χ4v) is 5.99. The molecule has 0 aliphatic carbocycles. The highest BCUT2D eigenvalue weighted by Crippen LogP contribution is 2.15. The number of carbonyl (C=O) groups is 2. The first-order chi connectivity index (χ1) is 20.9. The van der Waals surface area contributed by atoms with Crippen LogP contribution in [0.4, 0.5) is 0 Å². The van der Waals surface area contributed by atoms with Gasteiger partial charge in [0.05, 0.1) is 0 Å². The Labute approximate surface area is 281 Å². The van der Waals surface area contributed by atoms with Crippen LogP contribution in [0.5, 0.6) is 0 Å². The lowest BCUT2D eigenvalue weighted by Gasteiger charge is -2.32. The summed E-state index contributed by atoms with van der Waals surface area (Å²) >= 11 is 11.7. The number of unbranched alkanes of at least 4 members (excludes halogenated alkanes) is 2. The zero-order valence-electron chi connectivity index (χ0n) is 25.6. The van der Waals surface area contributed by atoms with Crippen LogP contribution in [0.2, 0.25) is 0 Å². The van der Waals surface area contributed by atoms with E-state index in [4.69, 9.17) is 17.3 Å². The molecule has 0 radical (unpaired) electrons. The van der Waals surface area contributed by atoms with E-state index in [2.05, 4.69) is 108 Å². The van der Waals surface area contributed by atoms with E-state index in [1.54, 1.807) is 0 Å². The standard InChI is InChI=1S/C17H25BrN2O.C12H18N2.C5H8BrClO/c18-11-5-4-8-17(21)19-16-9-12-20(13-10-16)14-15-6-2-1-3-7-15;13-12-6-8-14(9-7-12)10-11-4-2-1-3-5-11;6-4-2-1-3-5(7)8/h1-3,6-7,16H,4-5,8-14H2,(H,19,21);1-5,12H,6-10,13H2;1-4H2. The second-order valence-corrected chi connectivity index (χ2v) is 13.4. The number of hydrogen-bond acceptors (Lipinski definition) is 5. The number of likely N-dealkylation sites (tertiary alicyclic amines) is 2. The fourth-order valence-electron chi connectivity index (χ4n) is 5.07. The highest BCUT2D eigenvalue weighted by molar-refractivity contribution is 9.09. The molecule has 2 aliphatic rings. The van der Waals surface area contributed by atoms with E-state index in [1.807, 2.05) is 0 Å². The number of hydrogen-bond donors (Lipinski definition) is 2. The van der Waals surface area contributed by atoms with Gasteiger partial charge in [0.1, 0.15) is 0 Å². The summed E-state index contributed by atoms with van der Waals surface area (Å²) in [6, 6.07) is 22.0. The Morgan fingerprint density at radius 1 is 0.721 bits per heavy atom. The number of carbonyl (C=O) groups excluding carboxylic acids is 2. The van der Waals surface area contributed by atoms with Crippen LogP contribution >= 0.6 is 43.5 Å². The molecule has 2 aliphatic heterocycles. The van der Waals surface area contributed by atoms with E-state index in [1.165, 1.54) is 11.1 Å². The van der Waals surface area contributed by atoms with Crippen molar-refractivity contribution in [2.75, 3.05) is 36.8 Å². The van der Waals surface area contributed by atoms with Gasteiger partial charge >= 0.3 is 0 Å². The third kappa shape index (κ3) is 19.0. The maximum atomic E-state index is 11.8. The van der Waals surface area contributed by atoms with Crippen LogP contribution in [-0.2, 0) is 22.7 Å². The second-order valence-electron chi connectivity index (χ2n) is 11.4.